The lowest BCUT2D eigenvalue weighted by Crippen LogP contribution is -2.29. The van der Waals surface area contributed by atoms with Crippen LogP contribution in [0.1, 0.15) is 55.6 Å². The summed E-state index contributed by atoms with van der Waals surface area (Å²) >= 11 is 6.94. The van der Waals surface area contributed by atoms with Gasteiger partial charge in [-0.25, -0.2) is 4.99 Å². The molecule has 1 saturated heterocycles. The molecule has 1 aromatic rings. The average Bonchev–Trinajstić information content (AvgIpc) is 3.73. The van der Waals surface area contributed by atoms with Gasteiger partial charge in [0.15, 0.2) is 5.17 Å². The number of amidine groups is 1. The van der Waals surface area contributed by atoms with Gasteiger partial charge in [0, 0.05) is 40.7 Å². The molecule has 1 unspecified atom stereocenters. The molecule has 2 saturated carbocycles. The zero-order valence-electron chi connectivity index (χ0n) is 18.2. The average molecular weight is 493 g/mol. The SMILES string of the molecule is CSC(=N/C=C/Cl)NC(=O)/C(=C/C1CCOCC1)c1ccc(S(=O)C2CC2)c(C2CC2)c1. The molecule has 0 aromatic heterocycles. The van der Waals surface area contributed by atoms with Crippen LogP contribution in [0.3, 0.4) is 0 Å². The summed E-state index contributed by atoms with van der Waals surface area (Å²) in [5.74, 6) is 0.550. The van der Waals surface area contributed by atoms with Gasteiger partial charge < -0.3 is 10.1 Å². The standard InChI is InChI=1S/C24H29ClN2O3S2/c1-31-24(26-11-10-25)27-23(28)21(14-16-8-12-30-13-9-16)18-4-7-22(32(29)19-5-6-19)20(15-18)17-2-3-17/h4,7,10-11,14-17,19H,2-3,5-6,8-9,12-13H2,1H3,(H,26,27,28)/b11-10+,21-14+. The summed E-state index contributed by atoms with van der Waals surface area (Å²) in [6, 6.07) is 6.05. The number of benzene rings is 1. The third-order valence-electron chi connectivity index (χ3n) is 5.96. The van der Waals surface area contributed by atoms with Gasteiger partial charge in [-0.2, -0.15) is 0 Å². The Bertz CT molecular complexity index is 962. The lowest BCUT2D eigenvalue weighted by molar-refractivity contribution is -0.114. The maximum atomic E-state index is 13.4. The Morgan fingerprint density at radius 1 is 1.22 bits per heavy atom. The van der Waals surface area contributed by atoms with Crippen LogP contribution in [0.5, 0.6) is 0 Å². The molecule has 32 heavy (non-hydrogen) atoms. The van der Waals surface area contributed by atoms with E-state index in [1.807, 2.05) is 18.4 Å². The molecule has 0 bridgehead atoms. The van der Waals surface area contributed by atoms with E-state index in [0.29, 0.717) is 35.1 Å². The zero-order chi connectivity index (χ0) is 22.5. The van der Waals surface area contributed by atoms with E-state index in [4.69, 9.17) is 16.3 Å². The predicted molar refractivity (Wildman–Crippen MR) is 133 cm³/mol. The molecule has 2 aliphatic carbocycles. The quantitative estimate of drug-likeness (QED) is 0.323. The number of halogens is 1. The van der Waals surface area contributed by atoms with E-state index in [1.54, 1.807) is 0 Å². The van der Waals surface area contributed by atoms with E-state index in [2.05, 4.69) is 22.5 Å². The number of aliphatic imine (C=N–C) groups is 1. The van der Waals surface area contributed by atoms with Gasteiger partial charge in [0.2, 0.25) is 0 Å². The second kappa shape index (κ2) is 11.1. The van der Waals surface area contributed by atoms with Crippen LogP contribution in [0.2, 0.25) is 0 Å². The lowest BCUT2D eigenvalue weighted by Gasteiger charge is -2.21. The van der Waals surface area contributed by atoms with Crippen molar-refractivity contribution in [1.82, 2.24) is 5.32 Å². The molecule has 1 aliphatic heterocycles. The number of nitrogens with zero attached hydrogens (tertiary/aromatic N) is 1. The summed E-state index contributed by atoms with van der Waals surface area (Å²) in [5.41, 5.74) is 3.98. The first kappa shape index (κ1) is 23.7. The number of ether oxygens (including phenoxy) is 1. The lowest BCUT2D eigenvalue weighted by atomic mass is 9.93. The highest BCUT2D eigenvalue weighted by molar-refractivity contribution is 8.13. The Morgan fingerprint density at radius 2 is 1.97 bits per heavy atom. The Hall–Kier alpha value is -1.41. The van der Waals surface area contributed by atoms with Gasteiger partial charge in [-0.1, -0.05) is 35.5 Å². The van der Waals surface area contributed by atoms with E-state index >= 15 is 0 Å². The Labute approximate surface area is 201 Å². The van der Waals surface area contributed by atoms with Gasteiger partial charge in [0.1, 0.15) is 0 Å². The number of allylic oxidation sites excluding steroid dienone is 1. The number of hydrogen-bond acceptors (Lipinski definition) is 5. The molecular formula is C24H29ClN2O3S2. The first-order valence-corrected chi connectivity index (χ1v) is 14.0. The van der Waals surface area contributed by atoms with Crippen LogP contribution < -0.4 is 5.32 Å². The normalized spacial score (nSPS) is 21.7. The van der Waals surface area contributed by atoms with Crippen LogP contribution in [0, 0.1) is 5.92 Å². The van der Waals surface area contributed by atoms with Crippen molar-refractivity contribution in [2.45, 2.75) is 54.6 Å². The molecule has 1 N–H and O–H groups in total. The smallest absolute Gasteiger partial charge is 0.257 e. The molecule has 3 aliphatic rings. The second-order valence-corrected chi connectivity index (χ2v) is 11.2. The largest absolute Gasteiger partial charge is 0.381 e. The minimum absolute atomic E-state index is 0.189. The highest BCUT2D eigenvalue weighted by atomic mass is 35.5. The molecule has 172 valence electrons. The first-order chi connectivity index (χ1) is 15.6. The van der Waals surface area contributed by atoms with Crippen LogP contribution in [0.4, 0.5) is 0 Å². The number of amides is 1. The molecule has 4 rings (SSSR count). The number of hydrogen-bond donors (Lipinski definition) is 1. The van der Waals surface area contributed by atoms with Gasteiger partial charge in [0.25, 0.3) is 5.91 Å². The molecule has 1 heterocycles. The molecule has 1 atom stereocenters. The third kappa shape index (κ3) is 6.13. The van der Waals surface area contributed by atoms with Gasteiger partial charge in [0.05, 0.1) is 10.8 Å². The Balaban J connectivity index is 1.67. The Kier molecular flexibility index (Phi) is 8.27. The van der Waals surface area contributed by atoms with Crippen LogP contribution in [-0.2, 0) is 20.3 Å². The number of rotatable bonds is 7. The number of carbonyl (C=O) groups is 1. The topological polar surface area (TPSA) is 67.8 Å². The highest BCUT2D eigenvalue weighted by Gasteiger charge is 2.34. The summed E-state index contributed by atoms with van der Waals surface area (Å²) in [6.07, 6.45) is 11.5. The maximum Gasteiger partial charge on any atom is 0.257 e. The summed E-state index contributed by atoms with van der Waals surface area (Å²) < 4.78 is 18.4. The van der Waals surface area contributed by atoms with Crippen LogP contribution in [-0.4, -0.2) is 40.0 Å². The van der Waals surface area contributed by atoms with Gasteiger partial charge in [-0.3, -0.25) is 9.00 Å². The predicted octanol–water partition coefficient (Wildman–Crippen LogP) is 5.19. The van der Waals surface area contributed by atoms with Crippen molar-refractivity contribution >= 4 is 50.8 Å². The molecule has 1 amide bonds. The van der Waals surface area contributed by atoms with E-state index in [1.165, 1.54) is 23.5 Å². The molecule has 3 fully saturated rings. The summed E-state index contributed by atoms with van der Waals surface area (Å²) in [4.78, 5) is 18.5. The van der Waals surface area contributed by atoms with Crippen LogP contribution >= 0.6 is 23.4 Å². The summed E-state index contributed by atoms with van der Waals surface area (Å²) in [5, 5.41) is 3.71. The van der Waals surface area contributed by atoms with Crippen LogP contribution in [0.25, 0.3) is 5.57 Å². The zero-order valence-corrected chi connectivity index (χ0v) is 20.6. The number of nitrogens with one attached hydrogen (secondary N) is 1. The fraction of sp³-hybridized carbons (Fsp3) is 0.500. The minimum Gasteiger partial charge on any atom is -0.381 e. The van der Waals surface area contributed by atoms with Crippen molar-refractivity contribution in [2.24, 2.45) is 10.9 Å². The molecular weight excluding hydrogens is 464 g/mol. The molecule has 8 heteroatoms. The van der Waals surface area contributed by atoms with Crippen molar-refractivity contribution in [2.75, 3.05) is 19.5 Å². The molecule has 0 radical (unpaired) electrons. The highest BCUT2D eigenvalue weighted by Crippen LogP contribution is 2.45. The maximum absolute atomic E-state index is 13.4. The third-order valence-corrected chi connectivity index (χ3v) is 8.55. The first-order valence-electron chi connectivity index (χ1n) is 11.1. The van der Waals surface area contributed by atoms with Crippen molar-refractivity contribution in [3.05, 3.63) is 47.1 Å². The minimum atomic E-state index is -0.948. The van der Waals surface area contributed by atoms with E-state index in [-0.39, 0.29) is 11.8 Å². The van der Waals surface area contributed by atoms with E-state index < -0.39 is 10.8 Å². The second-order valence-electron chi connectivity index (χ2n) is 8.42. The van der Waals surface area contributed by atoms with Crippen molar-refractivity contribution < 1.29 is 13.7 Å². The summed E-state index contributed by atoms with van der Waals surface area (Å²) in [6.45, 7) is 1.42. The monoisotopic (exact) mass is 492 g/mol. The van der Waals surface area contributed by atoms with Crippen molar-refractivity contribution in [3.8, 4) is 0 Å². The number of thioether (sulfide) groups is 1. The van der Waals surface area contributed by atoms with E-state index in [0.717, 1.165) is 54.5 Å². The molecule has 0 spiro atoms. The van der Waals surface area contributed by atoms with Crippen molar-refractivity contribution in [3.63, 3.8) is 0 Å². The molecule has 1 aromatic carbocycles. The van der Waals surface area contributed by atoms with Crippen LogP contribution in [0.15, 0.2) is 45.9 Å². The Morgan fingerprint density at radius 3 is 2.59 bits per heavy atom. The molecule has 5 nitrogen and oxygen atoms in total. The fourth-order valence-electron chi connectivity index (χ4n) is 3.89. The van der Waals surface area contributed by atoms with Gasteiger partial charge in [-0.15, -0.1) is 0 Å². The van der Waals surface area contributed by atoms with Gasteiger partial charge in [-0.05, 0) is 79.9 Å². The van der Waals surface area contributed by atoms with E-state index in [9.17, 15) is 9.00 Å². The number of carbonyl (C=O) groups excluding carboxylic acids is 1. The van der Waals surface area contributed by atoms with Gasteiger partial charge >= 0.3 is 0 Å². The summed E-state index contributed by atoms with van der Waals surface area (Å²) in [7, 11) is -0.948. The van der Waals surface area contributed by atoms with Crippen molar-refractivity contribution in [1.29, 1.82) is 0 Å². The fourth-order valence-corrected chi connectivity index (χ4v) is 5.89.